The fourth-order valence-electron chi connectivity index (χ4n) is 4.35. The molecular formula is C16H17NO8S-2. The standard InChI is InChI=1S/C16H17NO4.H2O4S/c18-11-3-8-1-2-17-6-9-4-12-13(21-7-20-12)5-10(9)14(15(8)17)16(11)19;1-5(2,3)4/h3-5,11,14-16,18-19H,1-2,6-7H2;(H2,1,2,3,4)/p-2/t11-,14-,15+,16+;/m0./s1. The number of ether oxygens (including phenoxy) is 2. The second kappa shape index (κ2) is 6.19. The summed E-state index contributed by atoms with van der Waals surface area (Å²) in [6, 6.07) is 4.25. The molecule has 1 aromatic rings. The van der Waals surface area contributed by atoms with Crippen LogP contribution < -0.4 is 9.47 Å². The second-order valence-electron chi connectivity index (χ2n) is 6.73. The van der Waals surface area contributed by atoms with Gasteiger partial charge in [0.15, 0.2) is 11.5 Å². The van der Waals surface area contributed by atoms with Crippen molar-refractivity contribution in [1.29, 1.82) is 0 Å². The van der Waals surface area contributed by atoms with Crippen LogP contribution in [0.3, 0.4) is 0 Å². The summed E-state index contributed by atoms with van der Waals surface area (Å²) in [5, 5.41) is 20.7. The van der Waals surface area contributed by atoms with Gasteiger partial charge >= 0.3 is 0 Å². The van der Waals surface area contributed by atoms with Gasteiger partial charge in [-0.1, -0.05) is 11.6 Å². The molecule has 9 nitrogen and oxygen atoms in total. The van der Waals surface area contributed by atoms with Crippen LogP contribution >= 0.6 is 0 Å². The molecule has 1 aliphatic carbocycles. The molecule has 0 spiro atoms. The second-order valence-corrected chi connectivity index (χ2v) is 7.54. The molecule has 10 heteroatoms. The van der Waals surface area contributed by atoms with Crippen LogP contribution in [-0.4, -0.2) is 64.2 Å². The van der Waals surface area contributed by atoms with E-state index in [-0.39, 0.29) is 18.8 Å². The monoisotopic (exact) mass is 383 g/mol. The zero-order chi connectivity index (χ0) is 18.6. The first-order valence-corrected chi connectivity index (χ1v) is 9.45. The minimum absolute atomic E-state index is 0.0826. The number of nitrogens with zero attached hydrogens (tertiary/aromatic N) is 1. The van der Waals surface area contributed by atoms with E-state index in [9.17, 15) is 10.2 Å². The summed E-state index contributed by atoms with van der Waals surface area (Å²) in [4.78, 5) is 2.40. The van der Waals surface area contributed by atoms with Crippen molar-refractivity contribution in [2.75, 3.05) is 13.3 Å². The van der Waals surface area contributed by atoms with E-state index in [1.807, 2.05) is 18.2 Å². The molecule has 4 atom stereocenters. The maximum atomic E-state index is 10.5. The molecule has 0 amide bonds. The molecule has 0 radical (unpaired) electrons. The van der Waals surface area contributed by atoms with E-state index in [1.54, 1.807) is 0 Å². The lowest BCUT2D eigenvalue weighted by Gasteiger charge is -2.44. The highest BCUT2D eigenvalue weighted by Crippen LogP contribution is 2.49. The van der Waals surface area contributed by atoms with Gasteiger partial charge in [-0.2, -0.15) is 0 Å². The van der Waals surface area contributed by atoms with Gasteiger partial charge < -0.3 is 28.8 Å². The van der Waals surface area contributed by atoms with Gasteiger partial charge in [0.25, 0.3) is 0 Å². The summed E-state index contributed by atoms with van der Waals surface area (Å²) >= 11 is 0. The summed E-state index contributed by atoms with van der Waals surface area (Å²) in [5.74, 6) is 1.45. The summed E-state index contributed by atoms with van der Waals surface area (Å²) in [7, 11) is -5.17. The molecule has 0 bridgehead atoms. The Labute approximate surface area is 150 Å². The quantitative estimate of drug-likeness (QED) is 0.341. The molecule has 1 fully saturated rings. The lowest BCUT2D eigenvalue weighted by Crippen LogP contribution is -2.49. The Kier molecular flexibility index (Phi) is 4.21. The van der Waals surface area contributed by atoms with Gasteiger partial charge in [-0.3, -0.25) is 13.3 Å². The fraction of sp³-hybridized carbons (Fsp3) is 0.500. The minimum Gasteiger partial charge on any atom is -0.759 e. The van der Waals surface area contributed by atoms with Gasteiger partial charge in [0.1, 0.15) is 0 Å². The van der Waals surface area contributed by atoms with E-state index >= 15 is 0 Å². The number of hydrogen-bond acceptors (Lipinski definition) is 9. The SMILES string of the molecule is O=S(=O)([O-])[O-].O[C@H]1[C@H]2c3cc4c(cc3CN3CCC(=C[C@@H]1O)[C@H]23)OCO4. The third-order valence-corrected chi connectivity index (χ3v) is 5.27. The van der Waals surface area contributed by atoms with Gasteiger partial charge in [-0.25, -0.2) is 0 Å². The van der Waals surface area contributed by atoms with Gasteiger partial charge in [-0.15, -0.1) is 0 Å². The molecule has 142 valence electrons. The zero-order valence-corrected chi connectivity index (χ0v) is 14.4. The molecule has 1 saturated heterocycles. The van der Waals surface area contributed by atoms with E-state index in [0.29, 0.717) is 0 Å². The Bertz CT molecular complexity index is 859. The van der Waals surface area contributed by atoms with Crippen molar-refractivity contribution in [3.05, 3.63) is 34.9 Å². The average molecular weight is 383 g/mol. The lowest BCUT2D eigenvalue weighted by atomic mass is 9.73. The predicted octanol–water partition coefficient (Wildman–Crippen LogP) is -0.589. The van der Waals surface area contributed by atoms with Crippen LogP contribution in [0.4, 0.5) is 0 Å². The highest BCUT2D eigenvalue weighted by Gasteiger charge is 2.48. The molecular weight excluding hydrogens is 366 g/mol. The highest BCUT2D eigenvalue weighted by molar-refractivity contribution is 7.79. The third kappa shape index (κ3) is 3.08. The Morgan fingerprint density at radius 1 is 1.15 bits per heavy atom. The van der Waals surface area contributed by atoms with Crippen LogP contribution in [0, 0.1) is 0 Å². The molecule has 1 aromatic carbocycles. The van der Waals surface area contributed by atoms with E-state index in [0.717, 1.165) is 36.6 Å². The van der Waals surface area contributed by atoms with Gasteiger partial charge in [0.2, 0.25) is 6.79 Å². The molecule has 2 N–H and O–H groups in total. The average Bonchev–Trinajstić information content (AvgIpc) is 3.14. The van der Waals surface area contributed by atoms with E-state index in [4.69, 9.17) is 27.0 Å². The number of benzene rings is 1. The number of hydrogen-bond donors (Lipinski definition) is 2. The number of fused-ring (bicyclic) bond motifs is 3. The van der Waals surface area contributed by atoms with Crippen molar-refractivity contribution < 1.29 is 37.2 Å². The van der Waals surface area contributed by atoms with Crippen LogP contribution in [0.2, 0.25) is 0 Å². The molecule has 3 heterocycles. The number of aliphatic hydroxyl groups is 2. The molecule has 5 rings (SSSR count). The molecule has 0 saturated carbocycles. The van der Waals surface area contributed by atoms with Crippen molar-refractivity contribution in [3.63, 3.8) is 0 Å². The minimum atomic E-state index is -5.17. The maximum absolute atomic E-state index is 10.5. The van der Waals surface area contributed by atoms with Gasteiger partial charge in [0.05, 0.1) is 12.2 Å². The predicted molar refractivity (Wildman–Crippen MR) is 84.7 cm³/mol. The third-order valence-electron chi connectivity index (χ3n) is 5.27. The summed E-state index contributed by atoms with van der Waals surface area (Å²) in [6.45, 7) is 2.11. The van der Waals surface area contributed by atoms with Crippen LogP contribution in [0.5, 0.6) is 11.5 Å². The van der Waals surface area contributed by atoms with E-state index in [2.05, 4.69) is 4.90 Å². The normalized spacial score (nSPS) is 31.5. The molecule has 4 aliphatic rings. The van der Waals surface area contributed by atoms with Gasteiger partial charge in [-0.05, 0) is 29.7 Å². The van der Waals surface area contributed by atoms with Crippen molar-refractivity contribution in [3.8, 4) is 11.5 Å². The number of rotatable bonds is 0. The largest absolute Gasteiger partial charge is 0.759 e. The van der Waals surface area contributed by atoms with E-state index in [1.165, 1.54) is 11.1 Å². The topological polar surface area (TPSA) is 142 Å². The maximum Gasteiger partial charge on any atom is 0.231 e. The Morgan fingerprint density at radius 2 is 1.81 bits per heavy atom. The number of aliphatic hydroxyl groups excluding tert-OH is 2. The fourth-order valence-corrected chi connectivity index (χ4v) is 4.35. The molecule has 3 aliphatic heterocycles. The highest BCUT2D eigenvalue weighted by atomic mass is 32.3. The molecule has 0 unspecified atom stereocenters. The lowest BCUT2D eigenvalue weighted by molar-refractivity contribution is -0.00157. The smallest absolute Gasteiger partial charge is 0.231 e. The van der Waals surface area contributed by atoms with Crippen LogP contribution in [0.15, 0.2) is 23.8 Å². The molecule has 26 heavy (non-hydrogen) atoms. The first-order valence-electron chi connectivity index (χ1n) is 8.12. The van der Waals surface area contributed by atoms with E-state index < -0.39 is 22.6 Å². The van der Waals surface area contributed by atoms with Crippen molar-refractivity contribution in [1.82, 2.24) is 4.90 Å². The van der Waals surface area contributed by atoms with Crippen LogP contribution in [0.25, 0.3) is 0 Å². The van der Waals surface area contributed by atoms with Gasteiger partial charge in [0, 0.05) is 35.4 Å². The molecule has 0 aromatic heterocycles. The first kappa shape index (κ1) is 17.7. The summed E-state index contributed by atoms with van der Waals surface area (Å²) < 4.78 is 45.0. The van der Waals surface area contributed by atoms with Crippen molar-refractivity contribution in [2.24, 2.45) is 0 Å². The van der Waals surface area contributed by atoms with Crippen molar-refractivity contribution >= 4 is 10.4 Å². The van der Waals surface area contributed by atoms with Crippen molar-refractivity contribution in [2.45, 2.75) is 37.1 Å². The Morgan fingerprint density at radius 3 is 2.50 bits per heavy atom. The Balaban J connectivity index is 0.000000301. The summed E-state index contributed by atoms with van der Waals surface area (Å²) in [5.41, 5.74) is 3.54. The first-order chi connectivity index (χ1) is 12.2. The van der Waals surface area contributed by atoms with Crippen LogP contribution in [-0.2, 0) is 16.9 Å². The zero-order valence-electron chi connectivity index (χ0n) is 13.6. The Hall–Kier alpha value is -1.69. The summed E-state index contributed by atoms with van der Waals surface area (Å²) in [6.07, 6.45) is 1.28. The van der Waals surface area contributed by atoms with Crippen LogP contribution in [0.1, 0.15) is 23.5 Å².